The third-order valence-corrected chi connectivity index (χ3v) is 3.52. The minimum Gasteiger partial charge on any atom is -0.356 e. The number of carbonyl (C=O) groups excluding carboxylic acids is 1. The highest BCUT2D eigenvalue weighted by Gasteiger charge is 2.08. The molecule has 0 aliphatic heterocycles. The maximum atomic E-state index is 12.0. The lowest BCUT2D eigenvalue weighted by Crippen LogP contribution is -2.39. The highest BCUT2D eigenvalue weighted by atomic mass is 127. The molecule has 0 heterocycles. The third kappa shape index (κ3) is 8.52. The number of aliphatic imine (C=N–C) groups is 1. The summed E-state index contributed by atoms with van der Waals surface area (Å²) >= 11 is 0. The van der Waals surface area contributed by atoms with Gasteiger partial charge in [-0.15, -0.1) is 24.0 Å². The molecule has 0 radical (unpaired) electrons. The number of hydrogen-bond acceptors (Lipinski definition) is 2. The van der Waals surface area contributed by atoms with Crippen LogP contribution in [-0.4, -0.2) is 51.0 Å². The standard InChI is InChI=1S/C18H30N4O.HI/c1-14(2)9-11-20-18(19-3)21-12-10-15-7-6-8-16(13-15)17(23)22(4)5;/h6-8,13-14H,9-12H2,1-5H3,(H2,19,20,21);1H. The van der Waals surface area contributed by atoms with E-state index in [9.17, 15) is 4.79 Å². The van der Waals surface area contributed by atoms with Crippen LogP contribution in [0.15, 0.2) is 29.3 Å². The van der Waals surface area contributed by atoms with Crippen molar-refractivity contribution in [2.75, 3.05) is 34.2 Å². The minimum atomic E-state index is 0. The molecule has 0 spiro atoms. The second kappa shape index (κ2) is 12.1. The molecule has 1 amide bonds. The van der Waals surface area contributed by atoms with Gasteiger partial charge in [0.2, 0.25) is 0 Å². The number of nitrogens with zero attached hydrogens (tertiary/aromatic N) is 2. The van der Waals surface area contributed by atoms with E-state index in [1.165, 1.54) is 0 Å². The van der Waals surface area contributed by atoms with Gasteiger partial charge in [-0.3, -0.25) is 9.79 Å². The molecule has 0 atom stereocenters. The first-order valence-electron chi connectivity index (χ1n) is 8.19. The monoisotopic (exact) mass is 446 g/mol. The molecule has 5 nitrogen and oxygen atoms in total. The second-order valence-electron chi connectivity index (χ2n) is 6.26. The first-order valence-corrected chi connectivity index (χ1v) is 8.19. The Hall–Kier alpha value is -1.31. The van der Waals surface area contributed by atoms with E-state index in [1.807, 2.05) is 24.3 Å². The van der Waals surface area contributed by atoms with Gasteiger partial charge in [-0.1, -0.05) is 26.0 Å². The van der Waals surface area contributed by atoms with E-state index in [4.69, 9.17) is 0 Å². The zero-order chi connectivity index (χ0) is 17.2. The fraction of sp³-hybridized carbons (Fsp3) is 0.556. The summed E-state index contributed by atoms with van der Waals surface area (Å²) in [7, 11) is 5.31. The van der Waals surface area contributed by atoms with Crippen LogP contribution in [0.2, 0.25) is 0 Å². The number of amides is 1. The van der Waals surface area contributed by atoms with Crippen LogP contribution in [-0.2, 0) is 6.42 Å². The van der Waals surface area contributed by atoms with Gasteiger partial charge in [-0.05, 0) is 36.5 Å². The van der Waals surface area contributed by atoms with Crippen molar-refractivity contribution in [3.63, 3.8) is 0 Å². The zero-order valence-electron chi connectivity index (χ0n) is 15.4. The molecular weight excluding hydrogens is 415 g/mol. The van der Waals surface area contributed by atoms with Crippen LogP contribution in [0.3, 0.4) is 0 Å². The molecule has 0 saturated carbocycles. The van der Waals surface area contributed by atoms with Crippen LogP contribution in [0.4, 0.5) is 0 Å². The lowest BCUT2D eigenvalue weighted by Gasteiger charge is -2.13. The molecular formula is C18H31IN4O. The van der Waals surface area contributed by atoms with Crippen molar-refractivity contribution >= 4 is 35.8 Å². The number of guanidine groups is 1. The Morgan fingerprint density at radius 3 is 2.46 bits per heavy atom. The Kier molecular flexibility index (Phi) is 11.4. The van der Waals surface area contributed by atoms with E-state index < -0.39 is 0 Å². The smallest absolute Gasteiger partial charge is 0.253 e. The molecule has 136 valence electrons. The molecule has 0 saturated heterocycles. The number of benzene rings is 1. The number of rotatable bonds is 7. The normalized spacial score (nSPS) is 11.0. The summed E-state index contributed by atoms with van der Waals surface area (Å²) in [4.78, 5) is 17.8. The van der Waals surface area contributed by atoms with Gasteiger partial charge in [-0.25, -0.2) is 0 Å². The van der Waals surface area contributed by atoms with Gasteiger partial charge in [0.05, 0.1) is 0 Å². The number of carbonyl (C=O) groups is 1. The van der Waals surface area contributed by atoms with E-state index in [1.54, 1.807) is 26.0 Å². The number of nitrogens with one attached hydrogen (secondary N) is 2. The Balaban J connectivity index is 0.00000529. The van der Waals surface area contributed by atoms with E-state index in [2.05, 4.69) is 29.5 Å². The summed E-state index contributed by atoms with van der Waals surface area (Å²) in [6.07, 6.45) is 1.97. The highest BCUT2D eigenvalue weighted by Crippen LogP contribution is 2.07. The molecule has 1 aromatic rings. The molecule has 6 heteroatoms. The summed E-state index contributed by atoms with van der Waals surface area (Å²) in [5.41, 5.74) is 1.87. The average molecular weight is 446 g/mol. The van der Waals surface area contributed by atoms with Crippen LogP contribution in [0.1, 0.15) is 36.2 Å². The van der Waals surface area contributed by atoms with Gasteiger partial charge in [0, 0.05) is 39.8 Å². The molecule has 0 aliphatic rings. The zero-order valence-corrected chi connectivity index (χ0v) is 17.8. The van der Waals surface area contributed by atoms with E-state index in [0.717, 1.165) is 43.0 Å². The van der Waals surface area contributed by atoms with Crippen molar-refractivity contribution < 1.29 is 4.79 Å². The van der Waals surface area contributed by atoms with E-state index >= 15 is 0 Å². The Morgan fingerprint density at radius 1 is 1.21 bits per heavy atom. The molecule has 0 aromatic heterocycles. The van der Waals surface area contributed by atoms with Gasteiger partial charge < -0.3 is 15.5 Å². The first-order chi connectivity index (χ1) is 10.9. The largest absolute Gasteiger partial charge is 0.356 e. The Labute approximate surface area is 163 Å². The second-order valence-corrected chi connectivity index (χ2v) is 6.26. The summed E-state index contributed by atoms with van der Waals surface area (Å²) in [6, 6.07) is 7.79. The van der Waals surface area contributed by atoms with Crippen LogP contribution in [0.25, 0.3) is 0 Å². The van der Waals surface area contributed by atoms with Crippen molar-refractivity contribution in [1.82, 2.24) is 15.5 Å². The van der Waals surface area contributed by atoms with Crippen LogP contribution >= 0.6 is 24.0 Å². The lowest BCUT2D eigenvalue weighted by atomic mass is 10.1. The van der Waals surface area contributed by atoms with Gasteiger partial charge in [-0.2, -0.15) is 0 Å². The van der Waals surface area contributed by atoms with Crippen LogP contribution in [0, 0.1) is 5.92 Å². The lowest BCUT2D eigenvalue weighted by molar-refractivity contribution is 0.0827. The van der Waals surface area contributed by atoms with Gasteiger partial charge >= 0.3 is 0 Å². The highest BCUT2D eigenvalue weighted by molar-refractivity contribution is 14.0. The molecule has 0 unspecified atom stereocenters. The number of halogens is 1. The molecule has 0 bridgehead atoms. The van der Waals surface area contributed by atoms with Crippen molar-refractivity contribution in [3.05, 3.63) is 35.4 Å². The van der Waals surface area contributed by atoms with Crippen molar-refractivity contribution in [2.24, 2.45) is 10.9 Å². The maximum Gasteiger partial charge on any atom is 0.253 e. The third-order valence-electron chi connectivity index (χ3n) is 3.52. The minimum absolute atomic E-state index is 0. The van der Waals surface area contributed by atoms with E-state index in [-0.39, 0.29) is 29.9 Å². The number of hydrogen-bond donors (Lipinski definition) is 2. The molecule has 1 aromatic carbocycles. The summed E-state index contributed by atoms with van der Waals surface area (Å²) in [5.74, 6) is 1.54. The van der Waals surface area contributed by atoms with Crippen molar-refractivity contribution in [2.45, 2.75) is 26.7 Å². The van der Waals surface area contributed by atoms with Crippen LogP contribution in [0.5, 0.6) is 0 Å². The quantitative estimate of drug-likeness (QED) is 0.385. The van der Waals surface area contributed by atoms with E-state index in [0.29, 0.717) is 5.92 Å². The van der Waals surface area contributed by atoms with Crippen molar-refractivity contribution in [3.8, 4) is 0 Å². The Bertz CT molecular complexity index is 530. The predicted octanol–water partition coefficient (Wildman–Crippen LogP) is 2.76. The topological polar surface area (TPSA) is 56.7 Å². The molecule has 0 aliphatic carbocycles. The van der Waals surface area contributed by atoms with Crippen LogP contribution < -0.4 is 10.6 Å². The maximum absolute atomic E-state index is 12.0. The Morgan fingerprint density at radius 2 is 1.88 bits per heavy atom. The average Bonchev–Trinajstić information content (AvgIpc) is 2.52. The fourth-order valence-corrected chi connectivity index (χ4v) is 2.14. The summed E-state index contributed by atoms with van der Waals surface area (Å²) < 4.78 is 0. The molecule has 2 N–H and O–H groups in total. The predicted molar refractivity (Wildman–Crippen MR) is 112 cm³/mol. The van der Waals surface area contributed by atoms with Gasteiger partial charge in [0.1, 0.15) is 0 Å². The molecule has 24 heavy (non-hydrogen) atoms. The molecule has 1 rings (SSSR count). The first kappa shape index (κ1) is 22.7. The van der Waals surface area contributed by atoms with Gasteiger partial charge in [0.15, 0.2) is 5.96 Å². The van der Waals surface area contributed by atoms with Crippen molar-refractivity contribution in [1.29, 1.82) is 0 Å². The summed E-state index contributed by atoms with van der Waals surface area (Å²) in [5, 5.41) is 6.62. The molecule has 0 fully saturated rings. The summed E-state index contributed by atoms with van der Waals surface area (Å²) in [6.45, 7) is 6.12. The van der Waals surface area contributed by atoms with Gasteiger partial charge in [0.25, 0.3) is 5.91 Å². The fourth-order valence-electron chi connectivity index (χ4n) is 2.14. The SMILES string of the molecule is CN=C(NCCc1cccc(C(=O)N(C)C)c1)NCCC(C)C.I.